The molecule has 1 aliphatic heterocycles. The normalized spacial score (nSPS) is 17.4. The Kier molecular flexibility index (Phi) is 5.36. The minimum atomic E-state index is -3.14. The predicted octanol–water partition coefficient (Wildman–Crippen LogP) is 1.21. The van der Waals surface area contributed by atoms with E-state index in [4.69, 9.17) is 9.26 Å². The van der Waals surface area contributed by atoms with Crippen LogP contribution in [0.25, 0.3) is 11.5 Å². The van der Waals surface area contributed by atoms with Gasteiger partial charge >= 0.3 is 0 Å². The highest BCUT2D eigenvalue weighted by Gasteiger charge is 2.22. The molecule has 0 radical (unpaired) electrons. The van der Waals surface area contributed by atoms with Gasteiger partial charge in [0, 0.05) is 25.2 Å². The van der Waals surface area contributed by atoms with E-state index >= 15 is 0 Å². The molecule has 3 rings (SSSR count). The van der Waals surface area contributed by atoms with Gasteiger partial charge in [-0.05, 0) is 37.2 Å². The van der Waals surface area contributed by atoms with E-state index in [1.54, 1.807) is 7.11 Å². The van der Waals surface area contributed by atoms with Gasteiger partial charge in [-0.25, -0.2) is 12.7 Å². The average Bonchev–Trinajstić information content (AvgIpc) is 2.91. The molecule has 1 aromatic heterocycles. The van der Waals surface area contributed by atoms with Crippen LogP contribution in [0.5, 0.6) is 5.75 Å². The van der Waals surface area contributed by atoms with E-state index in [0.717, 1.165) is 24.3 Å². The Morgan fingerprint density at radius 1 is 1.16 bits per heavy atom. The molecule has 0 N–H and O–H groups in total. The predicted molar refractivity (Wildman–Crippen MR) is 92.6 cm³/mol. The van der Waals surface area contributed by atoms with Crippen LogP contribution in [0.1, 0.15) is 12.2 Å². The van der Waals surface area contributed by atoms with Gasteiger partial charge < -0.3 is 9.26 Å². The lowest BCUT2D eigenvalue weighted by atomic mass is 10.2. The molecule has 1 fully saturated rings. The Hall–Kier alpha value is -1.97. The maximum absolute atomic E-state index is 11.7. The van der Waals surface area contributed by atoms with Gasteiger partial charge in [-0.15, -0.1) is 0 Å². The first kappa shape index (κ1) is 17.8. The van der Waals surface area contributed by atoms with Crippen molar-refractivity contribution in [3.63, 3.8) is 0 Å². The lowest BCUT2D eigenvalue weighted by molar-refractivity contribution is 0.267. The number of nitrogens with zero attached hydrogens (tertiary/aromatic N) is 4. The van der Waals surface area contributed by atoms with E-state index in [-0.39, 0.29) is 0 Å². The highest BCUT2D eigenvalue weighted by atomic mass is 32.2. The zero-order valence-corrected chi connectivity index (χ0v) is 15.2. The average molecular weight is 366 g/mol. The van der Waals surface area contributed by atoms with E-state index in [0.29, 0.717) is 37.9 Å². The molecule has 1 aromatic carbocycles. The third kappa shape index (κ3) is 4.56. The Morgan fingerprint density at radius 2 is 1.92 bits per heavy atom. The lowest BCUT2D eigenvalue weighted by Crippen LogP contribution is -2.34. The van der Waals surface area contributed by atoms with Gasteiger partial charge in [-0.2, -0.15) is 4.98 Å². The Morgan fingerprint density at radius 3 is 2.60 bits per heavy atom. The third-order valence-corrected chi connectivity index (χ3v) is 5.49. The molecule has 9 heteroatoms. The molecule has 2 heterocycles. The van der Waals surface area contributed by atoms with E-state index in [9.17, 15) is 8.42 Å². The summed E-state index contributed by atoms with van der Waals surface area (Å²) in [5.74, 6) is 1.83. The molecule has 0 atom stereocenters. The first-order valence-electron chi connectivity index (χ1n) is 8.10. The second kappa shape index (κ2) is 7.51. The lowest BCUT2D eigenvalue weighted by Gasteiger charge is -2.18. The van der Waals surface area contributed by atoms with E-state index in [1.807, 2.05) is 24.3 Å². The molecule has 1 saturated heterocycles. The maximum Gasteiger partial charge on any atom is 0.257 e. The van der Waals surface area contributed by atoms with Crippen molar-refractivity contribution in [3.05, 3.63) is 30.1 Å². The fourth-order valence-corrected chi connectivity index (χ4v) is 3.68. The minimum absolute atomic E-state index is 0.463. The monoisotopic (exact) mass is 366 g/mol. The highest BCUT2D eigenvalue weighted by Crippen LogP contribution is 2.21. The fourth-order valence-electron chi connectivity index (χ4n) is 2.81. The SMILES string of the molecule is COc1ccc(-c2nc(CN3CCCN(S(C)(=O)=O)CC3)no2)cc1. The molecule has 136 valence electrons. The van der Waals surface area contributed by atoms with Crippen molar-refractivity contribution in [1.29, 1.82) is 0 Å². The van der Waals surface area contributed by atoms with Crippen LogP contribution >= 0.6 is 0 Å². The van der Waals surface area contributed by atoms with Crippen LogP contribution in [0.2, 0.25) is 0 Å². The van der Waals surface area contributed by atoms with Crippen molar-refractivity contribution in [3.8, 4) is 17.2 Å². The summed E-state index contributed by atoms with van der Waals surface area (Å²) in [6.07, 6.45) is 2.04. The first-order valence-corrected chi connectivity index (χ1v) is 9.95. The summed E-state index contributed by atoms with van der Waals surface area (Å²) in [6.45, 7) is 3.04. The van der Waals surface area contributed by atoms with Gasteiger partial charge in [0.1, 0.15) is 5.75 Å². The van der Waals surface area contributed by atoms with Crippen molar-refractivity contribution >= 4 is 10.0 Å². The van der Waals surface area contributed by atoms with Crippen molar-refractivity contribution in [1.82, 2.24) is 19.3 Å². The van der Waals surface area contributed by atoms with Crippen molar-refractivity contribution in [2.45, 2.75) is 13.0 Å². The van der Waals surface area contributed by atoms with Crippen LogP contribution in [0, 0.1) is 0 Å². The van der Waals surface area contributed by atoms with Crippen LogP contribution in [0.15, 0.2) is 28.8 Å². The number of hydrogen-bond donors (Lipinski definition) is 0. The molecule has 1 aliphatic rings. The van der Waals surface area contributed by atoms with Crippen molar-refractivity contribution in [2.24, 2.45) is 0 Å². The molecule has 0 amide bonds. The van der Waals surface area contributed by atoms with Crippen LogP contribution < -0.4 is 4.74 Å². The zero-order valence-electron chi connectivity index (χ0n) is 14.4. The smallest absolute Gasteiger partial charge is 0.257 e. The van der Waals surface area contributed by atoms with E-state index in [1.165, 1.54) is 10.6 Å². The molecule has 0 spiro atoms. The van der Waals surface area contributed by atoms with Crippen LogP contribution in [-0.4, -0.2) is 67.3 Å². The topological polar surface area (TPSA) is 88.8 Å². The standard InChI is InChI=1S/C16H22N4O4S/c1-23-14-6-4-13(5-7-14)16-17-15(18-24-16)12-19-8-3-9-20(11-10-19)25(2,21)22/h4-7H,3,8-12H2,1-2H3. The van der Waals surface area contributed by atoms with Gasteiger partial charge in [-0.1, -0.05) is 5.16 Å². The number of benzene rings is 1. The molecule has 8 nitrogen and oxygen atoms in total. The highest BCUT2D eigenvalue weighted by molar-refractivity contribution is 7.88. The Labute approximate surface area is 147 Å². The van der Waals surface area contributed by atoms with Crippen molar-refractivity contribution < 1.29 is 17.7 Å². The number of ether oxygens (including phenoxy) is 1. The summed E-state index contributed by atoms with van der Waals surface area (Å²) in [5, 5.41) is 4.04. The van der Waals surface area contributed by atoms with Crippen LogP contribution in [-0.2, 0) is 16.6 Å². The number of rotatable bonds is 5. The summed E-state index contributed by atoms with van der Waals surface area (Å²) >= 11 is 0. The molecule has 2 aromatic rings. The molecular weight excluding hydrogens is 344 g/mol. The summed E-state index contributed by atoms with van der Waals surface area (Å²) < 4.78 is 35.3. The quantitative estimate of drug-likeness (QED) is 0.786. The summed E-state index contributed by atoms with van der Waals surface area (Å²) in [4.78, 5) is 6.58. The zero-order chi connectivity index (χ0) is 17.9. The minimum Gasteiger partial charge on any atom is -0.497 e. The van der Waals surface area contributed by atoms with Crippen LogP contribution in [0.4, 0.5) is 0 Å². The second-order valence-corrected chi connectivity index (χ2v) is 8.02. The number of sulfonamides is 1. The van der Waals surface area contributed by atoms with Gasteiger partial charge in [-0.3, -0.25) is 4.90 Å². The number of methoxy groups -OCH3 is 1. The largest absolute Gasteiger partial charge is 0.497 e. The molecule has 25 heavy (non-hydrogen) atoms. The van der Waals surface area contributed by atoms with Gasteiger partial charge in [0.15, 0.2) is 5.82 Å². The third-order valence-electron chi connectivity index (χ3n) is 4.19. The van der Waals surface area contributed by atoms with Crippen molar-refractivity contribution in [2.75, 3.05) is 39.5 Å². The van der Waals surface area contributed by atoms with E-state index in [2.05, 4.69) is 15.0 Å². The summed E-state index contributed by atoms with van der Waals surface area (Å²) in [7, 11) is -1.52. The van der Waals surface area contributed by atoms with Gasteiger partial charge in [0.05, 0.1) is 19.9 Å². The van der Waals surface area contributed by atoms with Crippen LogP contribution in [0.3, 0.4) is 0 Å². The van der Waals surface area contributed by atoms with Gasteiger partial charge in [0.25, 0.3) is 5.89 Å². The molecule has 0 aliphatic carbocycles. The maximum atomic E-state index is 11.7. The molecule has 0 unspecified atom stereocenters. The first-order chi connectivity index (χ1) is 12.0. The Balaban J connectivity index is 1.63. The number of hydrogen-bond acceptors (Lipinski definition) is 7. The van der Waals surface area contributed by atoms with Gasteiger partial charge in [0.2, 0.25) is 10.0 Å². The Bertz CT molecular complexity index is 804. The molecule has 0 saturated carbocycles. The second-order valence-electron chi connectivity index (χ2n) is 6.04. The number of aromatic nitrogens is 2. The summed E-state index contributed by atoms with van der Waals surface area (Å²) in [5.41, 5.74) is 0.832. The molecular formula is C16H22N4O4S. The summed E-state index contributed by atoms with van der Waals surface area (Å²) in [6, 6.07) is 7.42. The van der Waals surface area contributed by atoms with E-state index < -0.39 is 10.0 Å². The fraction of sp³-hybridized carbons (Fsp3) is 0.500. The molecule has 0 bridgehead atoms.